The second-order valence-corrected chi connectivity index (χ2v) is 6.01. The molecule has 0 saturated carbocycles. The van der Waals surface area contributed by atoms with Crippen LogP contribution in [0.2, 0.25) is 0 Å². The van der Waals surface area contributed by atoms with Crippen molar-refractivity contribution in [2.24, 2.45) is 11.7 Å². The smallest absolute Gasteiger partial charge is 0.225 e. The van der Waals surface area contributed by atoms with E-state index in [4.69, 9.17) is 10.7 Å². The van der Waals surface area contributed by atoms with Crippen LogP contribution in [0.5, 0.6) is 0 Å². The first-order valence-corrected chi connectivity index (χ1v) is 7.61. The molecule has 1 fully saturated rings. The van der Waals surface area contributed by atoms with Crippen LogP contribution in [0.4, 0.5) is 5.95 Å². The summed E-state index contributed by atoms with van der Waals surface area (Å²) in [4.78, 5) is 11.6. The molecule has 2 N–H and O–H groups in total. The summed E-state index contributed by atoms with van der Waals surface area (Å²) < 4.78 is 0. The molecule has 1 aliphatic heterocycles. The first-order valence-electron chi connectivity index (χ1n) is 7.61. The molecule has 0 bridgehead atoms. The largest absolute Gasteiger partial charge is 0.339 e. The third kappa shape index (κ3) is 2.73. The lowest BCUT2D eigenvalue weighted by Crippen LogP contribution is -2.43. The van der Waals surface area contributed by atoms with Crippen LogP contribution < -0.4 is 10.6 Å². The average molecular weight is 260 g/mol. The molecule has 4 nitrogen and oxygen atoms in total. The molecule has 2 heterocycles. The summed E-state index contributed by atoms with van der Waals surface area (Å²) in [6.07, 6.45) is 9.15. The van der Waals surface area contributed by atoms with E-state index in [-0.39, 0.29) is 6.04 Å². The van der Waals surface area contributed by atoms with Gasteiger partial charge in [0.2, 0.25) is 5.95 Å². The van der Waals surface area contributed by atoms with Gasteiger partial charge in [-0.1, -0.05) is 13.3 Å². The maximum Gasteiger partial charge on any atom is 0.225 e. The van der Waals surface area contributed by atoms with E-state index in [0.717, 1.165) is 50.6 Å². The van der Waals surface area contributed by atoms with E-state index in [2.05, 4.69) is 23.0 Å². The Kier molecular flexibility index (Phi) is 3.69. The van der Waals surface area contributed by atoms with Gasteiger partial charge in [-0.3, -0.25) is 0 Å². The van der Waals surface area contributed by atoms with E-state index in [9.17, 15) is 0 Å². The summed E-state index contributed by atoms with van der Waals surface area (Å²) in [7, 11) is 0. The third-order valence-corrected chi connectivity index (χ3v) is 4.56. The van der Waals surface area contributed by atoms with Crippen LogP contribution in [0.1, 0.15) is 43.9 Å². The Bertz CT molecular complexity index is 446. The number of anilines is 1. The fourth-order valence-electron chi connectivity index (χ4n) is 3.26. The molecule has 0 spiro atoms. The molecular formula is C15H24N4. The van der Waals surface area contributed by atoms with Crippen molar-refractivity contribution in [2.75, 3.05) is 18.0 Å². The summed E-state index contributed by atoms with van der Waals surface area (Å²) in [6.45, 7) is 4.22. The zero-order chi connectivity index (χ0) is 13.2. The minimum absolute atomic E-state index is 0.276. The van der Waals surface area contributed by atoms with Gasteiger partial charge in [0.05, 0.1) is 0 Å². The second kappa shape index (κ2) is 5.45. The van der Waals surface area contributed by atoms with Crippen LogP contribution >= 0.6 is 0 Å². The number of hydrogen-bond donors (Lipinski definition) is 1. The zero-order valence-electron chi connectivity index (χ0n) is 11.8. The molecule has 2 aliphatic rings. The molecule has 1 saturated heterocycles. The van der Waals surface area contributed by atoms with Gasteiger partial charge in [-0.05, 0) is 43.6 Å². The Morgan fingerprint density at radius 3 is 3.11 bits per heavy atom. The Hall–Kier alpha value is -1.16. The number of nitrogens with zero attached hydrogens (tertiary/aromatic N) is 3. The average Bonchev–Trinajstić information content (AvgIpc) is 2.46. The molecule has 1 aromatic rings. The summed E-state index contributed by atoms with van der Waals surface area (Å²) in [5.74, 6) is 1.72. The Balaban J connectivity index is 1.78. The molecule has 19 heavy (non-hydrogen) atoms. The highest BCUT2D eigenvalue weighted by molar-refractivity contribution is 5.35. The topological polar surface area (TPSA) is 55.0 Å². The molecule has 0 aromatic carbocycles. The fourth-order valence-corrected chi connectivity index (χ4v) is 3.26. The lowest BCUT2D eigenvalue weighted by molar-refractivity contribution is 0.437. The van der Waals surface area contributed by atoms with E-state index >= 15 is 0 Å². The maximum absolute atomic E-state index is 6.04. The number of fused-ring (bicyclic) bond motifs is 1. The van der Waals surface area contributed by atoms with E-state index in [1.54, 1.807) is 0 Å². The number of rotatable bonds is 2. The summed E-state index contributed by atoms with van der Waals surface area (Å²) in [5.41, 5.74) is 8.68. The van der Waals surface area contributed by atoms with Crippen molar-refractivity contribution in [2.45, 2.75) is 51.5 Å². The molecule has 2 atom stereocenters. The van der Waals surface area contributed by atoms with Crippen molar-refractivity contribution in [1.82, 2.24) is 9.97 Å². The summed E-state index contributed by atoms with van der Waals surface area (Å²) in [6, 6.07) is 0.276. The van der Waals surface area contributed by atoms with Gasteiger partial charge in [-0.25, -0.2) is 9.97 Å². The van der Waals surface area contributed by atoms with E-state index in [1.807, 2.05) is 0 Å². The van der Waals surface area contributed by atoms with Crippen LogP contribution in [0.25, 0.3) is 0 Å². The molecule has 3 rings (SSSR count). The molecule has 104 valence electrons. The van der Waals surface area contributed by atoms with Gasteiger partial charge in [0.1, 0.15) is 0 Å². The predicted molar refractivity (Wildman–Crippen MR) is 77.3 cm³/mol. The van der Waals surface area contributed by atoms with Crippen molar-refractivity contribution in [3.8, 4) is 0 Å². The van der Waals surface area contributed by atoms with Crippen LogP contribution in [0, 0.1) is 5.92 Å². The normalized spacial score (nSPS) is 27.2. The monoisotopic (exact) mass is 260 g/mol. The van der Waals surface area contributed by atoms with E-state index in [0.29, 0.717) is 0 Å². The number of nitrogens with two attached hydrogens (primary N) is 1. The first kappa shape index (κ1) is 12.9. The number of piperidine rings is 1. The molecular weight excluding hydrogens is 236 g/mol. The summed E-state index contributed by atoms with van der Waals surface area (Å²) >= 11 is 0. The Morgan fingerprint density at radius 1 is 1.42 bits per heavy atom. The van der Waals surface area contributed by atoms with Gasteiger partial charge < -0.3 is 10.6 Å². The minimum Gasteiger partial charge on any atom is -0.339 e. The standard InChI is InChI=1S/C15H24N4/c1-2-11-5-6-14-12(8-11)9-17-15(18-14)19-7-3-4-13(16)10-19/h9,11,13H,2-8,10,16H2,1H3. The lowest BCUT2D eigenvalue weighted by Gasteiger charge is -2.31. The van der Waals surface area contributed by atoms with Crippen LogP contribution in [0.3, 0.4) is 0 Å². The number of aryl methyl sites for hydroxylation is 1. The van der Waals surface area contributed by atoms with Crippen LogP contribution in [-0.2, 0) is 12.8 Å². The zero-order valence-corrected chi connectivity index (χ0v) is 11.8. The van der Waals surface area contributed by atoms with E-state index < -0.39 is 0 Å². The molecule has 0 amide bonds. The van der Waals surface area contributed by atoms with Gasteiger partial charge in [0, 0.05) is 31.0 Å². The molecule has 0 radical (unpaired) electrons. The molecule has 4 heteroatoms. The van der Waals surface area contributed by atoms with Gasteiger partial charge in [0.25, 0.3) is 0 Å². The van der Waals surface area contributed by atoms with Crippen LogP contribution in [-0.4, -0.2) is 29.1 Å². The second-order valence-electron chi connectivity index (χ2n) is 6.01. The molecule has 1 aliphatic carbocycles. The van der Waals surface area contributed by atoms with Crippen LogP contribution in [0.15, 0.2) is 6.20 Å². The van der Waals surface area contributed by atoms with Gasteiger partial charge in [-0.15, -0.1) is 0 Å². The SMILES string of the molecule is CCC1CCc2nc(N3CCCC(N)C3)ncc2C1. The van der Waals surface area contributed by atoms with Gasteiger partial charge in [-0.2, -0.15) is 0 Å². The van der Waals surface area contributed by atoms with Crippen molar-refractivity contribution in [1.29, 1.82) is 0 Å². The molecule has 1 aromatic heterocycles. The van der Waals surface area contributed by atoms with Crippen molar-refractivity contribution < 1.29 is 0 Å². The lowest BCUT2D eigenvalue weighted by atomic mass is 9.86. The first-order chi connectivity index (χ1) is 9.26. The van der Waals surface area contributed by atoms with Crippen molar-refractivity contribution in [3.05, 3.63) is 17.5 Å². The number of hydrogen-bond acceptors (Lipinski definition) is 4. The third-order valence-electron chi connectivity index (χ3n) is 4.56. The fraction of sp³-hybridized carbons (Fsp3) is 0.733. The van der Waals surface area contributed by atoms with Gasteiger partial charge >= 0.3 is 0 Å². The highest BCUT2D eigenvalue weighted by atomic mass is 15.3. The molecule has 2 unspecified atom stereocenters. The Morgan fingerprint density at radius 2 is 2.32 bits per heavy atom. The van der Waals surface area contributed by atoms with Crippen molar-refractivity contribution in [3.63, 3.8) is 0 Å². The van der Waals surface area contributed by atoms with Crippen molar-refractivity contribution >= 4 is 5.95 Å². The highest BCUT2D eigenvalue weighted by Gasteiger charge is 2.22. The minimum atomic E-state index is 0.276. The highest BCUT2D eigenvalue weighted by Crippen LogP contribution is 2.27. The maximum atomic E-state index is 6.04. The number of aromatic nitrogens is 2. The quantitative estimate of drug-likeness (QED) is 0.882. The Labute approximate surface area is 115 Å². The van der Waals surface area contributed by atoms with Gasteiger partial charge in [0.15, 0.2) is 0 Å². The van der Waals surface area contributed by atoms with E-state index in [1.165, 1.54) is 24.1 Å². The summed E-state index contributed by atoms with van der Waals surface area (Å²) in [5, 5.41) is 0. The predicted octanol–water partition coefficient (Wildman–Crippen LogP) is 1.92.